The second-order valence-electron chi connectivity index (χ2n) is 5.62. The van der Waals surface area contributed by atoms with E-state index in [0.717, 1.165) is 21.1 Å². The van der Waals surface area contributed by atoms with Gasteiger partial charge in [0.15, 0.2) is 0 Å². The molecule has 4 aromatic rings. The first-order chi connectivity index (χ1) is 13.2. The van der Waals surface area contributed by atoms with E-state index < -0.39 is 5.97 Å². The van der Waals surface area contributed by atoms with Crippen molar-refractivity contribution in [1.29, 1.82) is 0 Å². The monoisotopic (exact) mass is 378 g/mol. The maximum Gasteiger partial charge on any atom is 0.338 e. The quantitative estimate of drug-likeness (QED) is 0.495. The van der Waals surface area contributed by atoms with E-state index >= 15 is 0 Å². The molecule has 1 aromatic carbocycles. The number of rotatable bonds is 4. The molecule has 4 rings (SSSR count). The summed E-state index contributed by atoms with van der Waals surface area (Å²) in [5, 5.41) is 9.07. The summed E-state index contributed by atoms with van der Waals surface area (Å²) in [5.74, 6) is 0.148. The summed E-state index contributed by atoms with van der Waals surface area (Å²) in [7, 11) is 1.33. The van der Waals surface area contributed by atoms with E-state index in [1.54, 1.807) is 36.7 Å². The van der Waals surface area contributed by atoms with Crippen LogP contribution in [0.3, 0.4) is 0 Å². The van der Waals surface area contributed by atoms with Gasteiger partial charge in [-0.2, -0.15) is 0 Å². The Morgan fingerprint density at radius 1 is 1.11 bits per heavy atom. The fraction of sp³-hybridized carbons (Fsp3) is 0.105. The second kappa shape index (κ2) is 7.08. The topological polar surface area (TPSA) is 91.0 Å². The zero-order valence-corrected chi connectivity index (χ0v) is 15.4. The zero-order chi connectivity index (χ0) is 18.8. The van der Waals surface area contributed by atoms with Crippen molar-refractivity contribution in [2.45, 2.75) is 6.92 Å². The maximum atomic E-state index is 12.0. The molecule has 0 amide bonds. The molecule has 0 aliphatic heterocycles. The largest absolute Gasteiger partial charge is 0.465 e. The van der Waals surface area contributed by atoms with Crippen LogP contribution in [0.15, 0.2) is 53.2 Å². The van der Waals surface area contributed by atoms with Crippen LogP contribution in [-0.4, -0.2) is 33.2 Å². The van der Waals surface area contributed by atoms with Gasteiger partial charge in [0.1, 0.15) is 9.88 Å². The number of ether oxygens (including phenoxy) is 1. The first kappa shape index (κ1) is 17.0. The number of benzene rings is 1. The third-order valence-electron chi connectivity index (χ3n) is 3.89. The van der Waals surface area contributed by atoms with Crippen molar-refractivity contribution in [2.24, 2.45) is 0 Å². The molecule has 0 aliphatic carbocycles. The number of hydrogen-bond donors (Lipinski definition) is 0. The van der Waals surface area contributed by atoms with Crippen LogP contribution < -0.4 is 0 Å². The highest BCUT2D eigenvalue weighted by Gasteiger charge is 2.21. The predicted octanol–water partition coefficient (Wildman–Crippen LogP) is 4.02. The minimum Gasteiger partial charge on any atom is -0.465 e. The van der Waals surface area contributed by atoms with Crippen LogP contribution in [0, 0.1) is 6.92 Å². The van der Waals surface area contributed by atoms with Crippen molar-refractivity contribution in [3.63, 3.8) is 0 Å². The fourth-order valence-electron chi connectivity index (χ4n) is 2.59. The Bertz CT molecular complexity index is 1110. The molecule has 0 saturated heterocycles. The minimum absolute atomic E-state index is 0.252. The molecule has 3 aromatic heterocycles. The Hall–Kier alpha value is -3.39. The van der Waals surface area contributed by atoms with Gasteiger partial charge in [0, 0.05) is 18.0 Å². The lowest BCUT2D eigenvalue weighted by Gasteiger charge is -2.03. The van der Waals surface area contributed by atoms with Gasteiger partial charge in [-0.25, -0.2) is 9.78 Å². The van der Waals surface area contributed by atoms with Gasteiger partial charge >= 0.3 is 5.97 Å². The zero-order valence-electron chi connectivity index (χ0n) is 14.5. The normalized spacial score (nSPS) is 10.7. The molecule has 0 N–H and O–H groups in total. The molecule has 134 valence electrons. The summed E-state index contributed by atoms with van der Waals surface area (Å²) in [6.45, 7) is 1.89. The van der Waals surface area contributed by atoms with Crippen LogP contribution in [0.2, 0.25) is 0 Å². The fourth-order valence-corrected chi connectivity index (χ4v) is 3.57. The Balaban J connectivity index is 1.73. The van der Waals surface area contributed by atoms with E-state index in [9.17, 15) is 4.79 Å². The molecular formula is C19H14N4O3S. The van der Waals surface area contributed by atoms with Gasteiger partial charge in [0.2, 0.25) is 5.89 Å². The summed E-state index contributed by atoms with van der Waals surface area (Å²) in [4.78, 5) is 21.5. The smallest absolute Gasteiger partial charge is 0.338 e. The number of aryl methyl sites for hydroxylation is 1. The van der Waals surface area contributed by atoms with E-state index in [-0.39, 0.29) is 5.89 Å². The van der Waals surface area contributed by atoms with Gasteiger partial charge in [0.25, 0.3) is 5.89 Å². The van der Waals surface area contributed by atoms with Crippen LogP contribution in [0.25, 0.3) is 32.8 Å². The van der Waals surface area contributed by atoms with E-state index in [1.165, 1.54) is 18.4 Å². The molecule has 8 heteroatoms. The molecule has 0 radical (unpaired) electrons. The molecular weight excluding hydrogens is 364 g/mol. The molecule has 7 nitrogen and oxygen atoms in total. The van der Waals surface area contributed by atoms with E-state index in [2.05, 4.69) is 20.2 Å². The Kier molecular flexibility index (Phi) is 4.47. The van der Waals surface area contributed by atoms with E-state index in [0.29, 0.717) is 17.0 Å². The molecule has 27 heavy (non-hydrogen) atoms. The van der Waals surface area contributed by atoms with E-state index in [1.807, 2.05) is 19.1 Å². The highest BCUT2D eigenvalue weighted by atomic mass is 32.1. The molecule has 0 saturated carbocycles. The molecule has 0 fully saturated rings. The molecule has 3 heterocycles. The van der Waals surface area contributed by atoms with Crippen molar-refractivity contribution < 1.29 is 13.9 Å². The number of carbonyl (C=O) groups is 1. The van der Waals surface area contributed by atoms with Crippen molar-refractivity contribution in [1.82, 2.24) is 20.2 Å². The number of carbonyl (C=O) groups excluding carboxylic acids is 1. The average molecular weight is 378 g/mol. The lowest BCUT2D eigenvalue weighted by molar-refractivity contribution is 0.0601. The van der Waals surface area contributed by atoms with Gasteiger partial charge in [-0.3, -0.25) is 4.98 Å². The number of pyridine rings is 1. The summed E-state index contributed by atoms with van der Waals surface area (Å²) < 4.78 is 10.7. The van der Waals surface area contributed by atoms with Gasteiger partial charge in [0.05, 0.1) is 23.9 Å². The lowest BCUT2D eigenvalue weighted by Crippen LogP contribution is -2.03. The van der Waals surface area contributed by atoms with Crippen LogP contribution in [-0.2, 0) is 4.74 Å². The first-order valence-corrected chi connectivity index (χ1v) is 8.88. The maximum absolute atomic E-state index is 12.0. The standard InChI is InChI=1S/C19H14N4O3S/c1-11-15(27-18(21-11)12-6-5-9-20-10-12)17-23-22-16(26-17)13-7-3-4-8-14(13)19(24)25-2/h3-10H,1-2H3. The minimum atomic E-state index is -0.460. The number of methoxy groups -OCH3 is 1. The van der Waals surface area contributed by atoms with Crippen molar-refractivity contribution in [3.8, 4) is 32.8 Å². The molecule has 0 bridgehead atoms. The Morgan fingerprint density at radius 2 is 1.93 bits per heavy atom. The van der Waals surface area contributed by atoms with Crippen LogP contribution in [0.5, 0.6) is 0 Å². The summed E-state index contributed by atoms with van der Waals surface area (Å²) >= 11 is 1.45. The Labute approximate surface area is 158 Å². The number of nitrogens with zero attached hydrogens (tertiary/aromatic N) is 4. The number of thiazole rings is 1. The van der Waals surface area contributed by atoms with Crippen molar-refractivity contribution >= 4 is 17.3 Å². The van der Waals surface area contributed by atoms with Crippen LogP contribution in [0.4, 0.5) is 0 Å². The third kappa shape index (κ3) is 3.22. The first-order valence-electron chi connectivity index (χ1n) is 8.07. The van der Waals surface area contributed by atoms with Gasteiger partial charge in [-0.1, -0.05) is 12.1 Å². The highest BCUT2D eigenvalue weighted by molar-refractivity contribution is 7.18. The second-order valence-corrected chi connectivity index (χ2v) is 6.62. The SMILES string of the molecule is COC(=O)c1ccccc1-c1nnc(-c2sc(-c3cccnc3)nc2C)o1. The number of esters is 1. The number of aromatic nitrogens is 4. The molecule has 0 atom stereocenters. The highest BCUT2D eigenvalue weighted by Crippen LogP contribution is 2.35. The molecule has 0 spiro atoms. The summed E-state index contributed by atoms with van der Waals surface area (Å²) in [5.41, 5.74) is 2.60. The van der Waals surface area contributed by atoms with Gasteiger partial charge in [-0.05, 0) is 31.2 Å². The third-order valence-corrected chi connectivity index (χ3v) is 5.08. The molecule has 0 aliphatic rings. The summed E-state index contributed by atoms with van der Waals surface area (Å²) in [6.07, 6.45) is 3.47. The lowest BCUT2D eigenvalue weighted by atomic mass is 10.1. The Morgan fingerprint density at radius 3 is 2.70 bits per heavy atom. The van der Waals surface area contributed by atoms with Gasteiger partial charge in [-0.15, -0.1) is 21.5 Å². The van der Waals surface area contributed by atoms with Crippen LogP contribution >= 0.6 is 11.3 Å². The molecule has 0 unspecified atom stereocenters. The van der Waals surface area contributed by atoms with Crippen molar-refractivity contribution in [3.05, 3.63) is 60.0 Å². The van der Waals surface area contributed by atoms with E-state index in [4.69, 9.17) is 9.15 Å². The van der Waals surface area contributed by atoms with Gasteiger partial charge < -0.3 is 9.15 Å². The van der Waals surface area contributed by atoms with Crippen LogP contribution in [0.1, 0.15) is 16.1 Å². The van der Waals surface area contributed by atoms with Crippen molar-refractivity contribution in [2.75, 3.05) is 7.11 Å². The summed E-state index contributed by atoms with van der Waals surface area (Å²) in [6, 6.07) is 10.7. The average Bonchev–Trinajstić information content (AvgIpc) is 3.35. The predicted molar refractivity (Wildman–Crippen MR) is 100 cm³/mol. The number of hydrogen-bond acceptors (Lipinski definition) is 8.